The summed E-state index contributed by atoms with van der Waals surface area (Å²) < 4.78 is 21.9. The van der Waals surface area contributed by atoms with Crippen LogP contribution in [0.1, 0.15) is 33.1 Å². The van der Waals surface area contributed by atoms with Crippen molar-refractivity contribution in [3.63, 3.8) is 0 Å². The van der Waals surface area contributed by atoms with Crippen molar-refractivity contribution in [2.24, 2.45) is 0 Å². The molecule has 2 atom stereocenters. The Balaban J connectivity index is 4.29. The third kappa shape index (κ3) is 4.80. The summed E-state index contributed by atoms with van der Waals surface area (Å²) in [5, 5.41) is 10.1. The van der Waals surface area contributed by atoms with E-state index >= 15 is 0 Å². The maximum absolute atomic E-state index is 11.0. The molecule has 0 aliphatic heterocycles. The number of nitrogens with zero attached hydrogens (tertiary/aromatic N) is 1. The zero-order chi connectivity index (χ0) is 13.0. The van der Waals surface area contributed by atoms with Crippen molar-refractivity contribution >= 4 is 9.84 Å². The molecule has 0 bridgehead atoms. The van der Waals surface area contributed by atoms with Gasteiger partial charge in [0, 0.05) is 17.5 Å². The minimum atomic E-state index is -2.92. The molecule has 0 amide bonds. The molecule has 0 aromatic carbocycles. The molecule has 0 saturated heterocycles. The van der Waals surface area contributed by atoms with Gasteiger partial charge in [0.25, 0.3) is 0 Å². The van der Waals surface area contributed by atoms with E-state index in [0.717, 1.165) is 6.42 Å². The van der Waals surface area contributed by atoms with Crippen LogP contribution < -0.4 is 0 Å². The Labute approximate surface area is 99.6 Å². The fraction of sp³-hybridized carbons (Fsp3) is 1.00. The highest BCUT2D eigenvalue weighted by Crippen LogP contribution is 2.24. The molecule has 0 fully saturated rings. The van der Waals surface area contributed by atoms with Crippen LogP contribution in [0.3, 0.4) is 0 Å². The van der Waals surface area contributed by atoms with E-state index in [9.17, 15) is 13.5 Å². The standard InChI is InChI=1S/C11H25NO3S/c1-6-11(2,12(3)4)10(13)8-7-9-16(5,14)15/h10,13H,6-9H2,1-5H3. The fourth-order valence-electron chi connectivity index (χ4n) is 1.70. The van der Waals surface area contributed by atoms with Crippen LogP contribution >= 0.6 is 0 Å². The molecule has 0 rings (SSSR count). The van der Waals surface area contributed by atoms with E-state index in [0.29, 0.717) is 12.8 Å². The molecular formula is C11H25NO3S. The Morgan fingerprint density at radius 1 is 1.38 bits per heavy atom. The van der Waals surface area contributed by atoms with E-state index in [2.05, 4.69) is 0 Å². The van der Waals surface area contributed by atoms with Crippen LogP contribution in [0.2, 0.25) is 0 Å². The number of hydrogen-bond donors (Lipinski definition) is 1. The van der Waals surface area contributed by atoms with Crippen LogP contribution in [-0.4, -0.2) is 56.2 Å². The summed E-state index contributed by atoms with van der Waals surface area (Å²) in [6.45, 7) is 4.03. The lowest BCUT2D eigenvalue weighted by Gasteiger charge is -2.40. The van der Waals surface area contributed by atoms with Crippen molar-refractivity contribution in [2.45, 2.75) is 44.8 Å². The second kappa shape index (κ2) is 5.98. The first-order valence-corrected chi connectivity index (χ1v) is 7.72. The summed E-state index contributed by atoms with van der Waals surface area (Å²) in [4.78, 5) is 2.00. The van der Waals surface area contributed by atoms with Crippen LogP contribution in [0, 0.1) is 0 Å². The average Bonchev–Trinajstić information content (AvgIpc) is 2.13. The Kier molecular flexibility index (Phi) is 5.93. The van der Waals surface area contributed by atoms with Crippen molar-refractivity contribution in [1.82, 2.24) is 4.90 Å². The van der Waals surface area contributed by atoms with Crippen LogP contribution in [0.4, 0.5) is 0 Å². The van der Waals surface area contributed by atoms with Crippen LogP contribution in [0.5, 0.6) is 0 Å². The second-order valence-electron chi connectivity index (χ2n) is 4.89. The van der Waals surface area contributed by atoms with Gasteiger partial charge in [0.05, 0.1) is 6.10 Å². The number of aliphatic hydroxyl groups excluding tert-OH is 1. The summed E-state index contributed by atoms with van der Waals surface area (Å²) in [5.74, 6) is 0.150. The molecule has 0 radical (unpaired) electrons. The topological polar surface area (TPSA) is 57.6 Å². The van der Waals surface area contributed by atoms with E-state index in [4.69, 9.17) is 0 Å². The fourth-order valence-corrected chi connectivity index (χ4v) is 2.39. The van der Waals surface area contributed by atoms with Crippen molar-refractivity contribution in [2.75, 3.05) is 26.1 Å². The first-order valence-electron chi connectivity index (χ1n) is 5.66. The Morgan fingerprint density at radius 2 is 1.88 bits per heavy atom. The molecule has 0 aliphatic rings. The highest BCUT2D eigenvalue weighted by atomic mass is 32.2. The number of hydrogen-bond acceptors (Lipinski definition) is 4. The number of rotatable bonds is 7. The van der Waals surface area contributed by atoms with E-state index in [1.807, 2.05) is 32.8 Å². The zero-order valence-corrected chi connectivity index (χ0v) is 11.8. The number of sulfone groups is 1. The first-order chi connectivity index (χ1) is 7.13. The monoisotopic (exact) mass is 251 g/mol. The van der Waals surface area contributed by atoms with Crippen LogP contribution in [0.25, 0.3) is 0 Å². The summed E-state index contributed by atoms with van der Waals surface area (Å²) in [6.07, 6.45) is 2.61. The number of aliphatic hydroxyl groups is 1. The second-order valence-corrected chi connectivity index (χ2v) is 7.15. The van der Waals surface area contributed by atoms with E-state index in [-0.39, 0.29) is 11.3 Å². The largest absolute Gasteiger partial charge is 0.391 e. The van der Waals surface area contributed by atoms with Gasteiger partial charge in [-0.3, -0.25) is 0 Å². The Hall–Kier alpha value is -0.130. The minimum absolute atomic E-state index is 0.150. The first kappa shape index (κ1) is 15.9. The molecule has 0 aromatic rings. The van der Waals surface area contributed by atoms with Crippen LogP contribution in [0.15, 0.2) is 0 Å². The van der Waals surface area contributed by atoms with Gasteiger partial charge < -0.3 is 10.0 Å². The van der Waals surface area contributed by atoms with Crippen molar-refractivity contribution < 1.29 is 13.5 Å². The number of likely N-dealkylation sites (N-methyl/N-ethyl adjacent to an activating group) is 1. The van der Waals surface area contributed by atoms with Crippen molar-refractivity contribution in [3.8, 4) is 0 Å². The van der Waals surface area contributed by atoms with Crippen molar-refractivity contribution in [3.05, 3.63) is 0 Å². The maximum Gasteiger partial charge on any atom is 0.147 e. The van der Waals surface area contributed by atoms with E-state index in [1.54, 1.807) is 0 Å². The van der Waals surface area contributed by atoms with Gasteiger partial charge in [-0.05, 0) is 40.3 Å². The minimum Gasteiger partial charge on any atom is -0.391 e. The highest BCUT2D eigenvalue weighted by molar-refractivity contribution is 7.90. The van der Waals surface area contributed by atoms with E-state index in [1.165, 1.54) is 6.26 Å². The third-order valence-electron chi connectivity index (χ3n) is 3.45. The van der Waals surface area contributed by atoms with Gasteiger partial charge in [0.1, 0.15) is 9.84 Å². The lowest BCUT2D eigenvalue weighted by Crippen LogP contribution is -2.50. The molecule has 0 saturated carbocycles. The predicted octanol–water partition coefficient (Wildman–Crippen LogP) is 0.902. The zero-order valence-electron chi connectivity index (χ0n) is 11.0. The van der Waals surface area contributed by atoms with E-state index < -0.39 is 15.9 Å². The molecule has 0 aromatic heterocycles. The molecule has 16 heavy (non-hydrogen) atoms. The summed E-state index contributed by atoms with van der Waals surface area (Å²) in [5.41, 5.74) is -0.280. The Morgan fingerprint density at radius 3 is 2.19 bits per heavy atom. The molecule has 0 aliphatic carbocycles. The van der Waals surface area contributed by atoms with Gasteiger partial charge in [-0.1, -0.05) is 6.92 Å². The van der Waals surface area contributed by atoms with Gasteiger partial charge >= 0.3 is 0 Å². The van der Waals surface area contributed by atoms with Gasteiger partial charge in [0.15, 0.2) is 0 Å². The molecule has 1 N–H and O–H groups in total. The summed E-state index contributed by atoms with van der Waals surface area (Å²) in [7, 11) is 0.951. The lowest BCUT2D eigenvalue weighted by molar-refractivity contribution is -0.00260. The normalized spacial score (nSPS) is 18.4. The lowest BCUT2D eigenvalue weighted by atomic mass is 9.88. The quantitative estimate of drug-likeness (QED) is 0.730. The molecule has 2 unspecified atom stereocenters. The molecule has 0 spiro atoms. The third-order valence-corrected chi connectivity index (χ3v) is 4.48. The maximum atomic E-state index is 11.0. The SMILES string of the molecule is CCC(C)(C(O)CCCS(C)(=O)=O)N(C)C. The van der Waals surface area contributed by atoms with Crippen molar-refractivity contribution in [1.29, 1.82) is 0 Å². The smallest absolute Gasteiger partial charge is 0.147 e. The molecular weight excluding hydrogens is 226 g/mol. The van der Waals surface area contributed by atoms with Gasteiger partial charge in [-0.2, -0.15) is 0 Å². The molecule has 4 nitrogen and oxygen atoms in total. The Bertz CT molecular complexity index is 300. The molecule has 0 heterocycles. The summed E-state index contributed by atoms with van der Waals surface area (Å²) in [6, 6.07) is 0. The highest BCUT2D eigenvalue weighted by Gasteiger charge is 2.32. The summed E-state index contributed by atoms with van der Waals surface area (Å²) >= 11 is 0. The average molecular weight is 251 g/mol. The predicted molar refractivity (Wildman–Crippen MR) is 67.3 cm³/mol. The molecule has 98 valence electrons. The van der Waals surface area contributed by atoms with Gasteiger partial charge in [-0.25, -0.2) is 8.42 Å². The molecule has 5 heteroatoms. The van der Waals surface area contributed by atoms with Gasteiger partial charge in [-0.15, -0.1) is 0 Å². The van der Waals surface area contributed by atoms with Crippen LogP contribution in [-0.2, 0) is 9.84 Å². The van der Waals surface area contributed by atoms with Gasteiger partial charge in [0.2, 0.25) is 0 Å².